The normalized spacial score (nSPS) is 19.1. The molecule has 1 unspecified atom stereocenters. The maximum Gasteiger partial charge on any atom is 0.326 e. The molecule has 1 fully saturated rings. The maximum atomic E-state index is 13.6. The van der Waals surface area contributed by atoms with E-state index >= 15 is 0 Å². The van der Waals surface area contributed by atoms with Crippen molar-refractivity contribution >= 4 is 35.8 Å². The van der Waals surface area contributed by atoms with Gasteiger partial charge in [-0.15, -0.1) is 0 Å². The van der Waals surface area contributed by atoms with Crippen LogP contribution in [0.25, 0.3) is 0 Å². The van der Waals surface area contributed by atoms with Gasteiger partial charge in [0.1, 0.15) is 31.9 Å². The highest BCUT2D eigenvalue weighted by molar-refractivity contribution is 5.79. The molecule has 0 aliphatic carbocycles. The van der Waals surface area contributed by atoms with Gasteiger partial charge < -0.3 is 62.9 Å². The molecule has 0 bridgehead atoms. The first-order valence-electron chi connectivity index (χ1n) is 22.4. The van der Waals surface area contributed by atoms with Crippen LogP contribution >= 0.6 is 0 Å². The SMILES string of the molecule is CC(C)(C)C(=O)OC[C@H]1OC(OC(=O)C(C)(C)C)[C@H](NC(=O)CCCCCOCCOCCOCCOCCOC(=O)Cn2c(O)ccc2O)[C@@H](OC(=O)C(C)(C)C)[C@H]1OC(=O)C(C)(C)C. The fourth-order valence-electron chi connectivity index (χ4n) is 5.52. The summed E-state index contributed by atoms with van der Waals surface area (Å²) in [6, 6.07) is 1.20. The second-order valence-electron chi connectivity index (χ2n) is 20.0. The third-order valence-corrected chi connectivity index (χ3v) is 9.53. The number of hydrogen-bond acceptors (Lipinski definition) is 18. The van der Waals surface area contributed by atoms with Crippen LogP contribution in [0.2, 0.25) is 0 Å². The zero-order chi connectivity index (χ0) is 49.9. The van der Waals surface area contributed by atoms with Gasteiger partial charge in [-0.25, -0.2) is 0 Å². The van der Waals surface area contributed by atoms with Crippen LogP contribution in [0.3, 0.4) is 0 Å². The summed E-state index contributed by atoms with van der Waals surface area (Å²) in [7, 11) is 0. The fourth-order valence-corrected chi connectivity index (χ4v) is 5.52. The van der Waals surface area contributed by atoms with Crippen LogP contribution in [-0.2, 0) is 82.7 Å². The van der Waals surface area contributed by atoms with E-state index in [4.69, 9.17) is 47.4 Å². The van der Waals surface area contributed by atoms with Crippen molar-refractivity contribution in [1.29, 1.82) is 0 Å². The van der Waals surface area contributed by atoms with E-state index in [1.165, 1.54) is 12.1 Å². The van der Waals surface area contributed by atoms with E-state index in [1.807, 2.05) is 0 Å². The van der Waals surface area contributed by atoms with Gasteiger partial charge in [-0.3, -0.25) is 33.3 Å². The van der Waals surface area contributed by atoms with Crippen LogP contribution in [0.4, 0.5) is 0 Å². The lowest BCUT2D eigenvalue weighted by molar-refractivity contribution is -0.277. The molecule has 0 saturated carbocycles. The molecule has 3 N–H and O–H groups in total. The number of ether oxygens (including phenoxy) is 10. The molecule has 378 valence electrons. The Balaban J connectivity index is 1.88. The zero-order valence-electron chi connectivity index (χ0n) is 41.0. The Morgan fingerprint density at radius 1 is 0.561 bits per heavy atom. The number of hydrogen-bond donors (Lipinski definition) is 3. The Hall–Kier alpha value is -4.50. The summed E-state index contributed by atoms with van der Waals surface area (Å²) in [5.41, 5.74) is -3.95. The number of amides is 1. The van der Waals surface area contributed by atoms with Crippen molar-refractivity contribution in [3.05, 3.63) is 12.1 Å². The van der Waals surface area contributed by atoms with Crippen LogP contribution < -0.4 is 5.32 Å². The molecule has 2 rings (SSSR count). The Bertz CT molecular complexity index is 1680. The summed E-state index contributed by atoms with van der Waals surface area (Å²) in [5.74, 6) is -4.22. The molecule has 1 aliphatic heterocycles. The van der Waals surface area contributed by atoms with E-state index in [2.05, 4.69) is 5.32 Å². The number of aromatic nitrogens is 1. The Kier molecular flexibility index (Phi) is 23.3. The van der Waals surface area contributed by atoms with Gasteiger partial charge in [0, 0.05) is 25.2 Å². The van der Waals surface area contributed by atoms with Crippen molar-refractivity contribution in [2.75, 3.05) is 66.1 Å². The minimum absolute atomic E-state index is 0.00804. The lowest BCUT2D eigenvalue weighted by atomic mass is 9.92. The first-order chi connectivity index (χ1) is 30.6. The number of aromatic hydroxyl groups is 2. The maximum absolute atomic E-state index is 13.6. The topological polar surface area (TPSA) is 252 Å². The molecule has 20 nitrogen and oxygen atoms in total. The van der Waals surface area contributed by atoms with E-state index < -0.39 is 94.7 Å². The van der Waals surface area contributed by atoms with E-state index in [0.29, 0.717) is 58.9 Å². The summed E-state index contributed by atoms with van der Waals surface area (Å²) in [6.45, 7) is 21.5. The summed E-state index contributed by atoms with van der Waals surface area (Å²) in [4.78, 5) is 78.6. The molecule has 2 heterocycles. The number of carbonyl (C=O) groups excluding carboxylic acids is 6. The third-order valence-electron chi connectivity index (χ3n) is 9.53. The Morgan fingerprint density at radius 2 is 1.00 bits per heavy atom. The van der Waals surface area contributed by atoms with Crippen LogP contribution in [0, 0.1) is 21.7 Å². The minimum atomic E-state index is -1.54. The zero-order valence-corrected chi connectivity index (χ0v) is 41.0. The van der Waals surface area contributed by atoms with Gasteiger partial charge in [-0.05, 0) is 95.9 Å². The highest BCUT2D eigenvalue weighted by Gasteiger charge is 2.54. The average molecular weight is 945 g/mol. The number of nitrogens with zero attached hydrogens (tertiary/aromatic N) is 1. The van der Waals surface area contributed by atoms with Crippen molar-refractivity contribution < 1.29 is 86.3 Å². The van der Waals surface area contributed by atoms with Gasteiger partial charge in [0.15, 0.2) is 24.0 Å². The average Bonchev–Trinajstić information content (AvgIpc) is 3.51. The minimum Gasteiger partial charge on any atom is -0.494 e. The molecule has 1 aromatic rings. The summed E-state index contributed by atoms with van der Waals surface area (Å²) < 4.78 is 57.7. The van der Waals surface area contributed by atoms with Crippen molar-refractivity contribution in [3.8, 4) is 11.8 Å². The van der Waals surface area contributed by atoms with Crippen molar-refractivity contribution in [3.63, 3.8) is 0 Å². The monoisotopic (exact) mass is 945 g/mol. The van der Waals surface area contributed by atoms with Gasteiger partial charge in [0.25, 0.3) is 0 Å². The molecule has 1 amide bonds. The molecule has 0 aromatic carbocycles. The summed E-state index contributed by atoms with van der Waals surface area (Å²) in [5, 5.41) is 22.0. The van der Waals surface area contributed by atoms with Crippen molar-refractivity contribution in [2.24, 2.45) is 21.7 Å². The lowest BCUT2D eigenvalue weighted by Crippen LogP contribution is -2.67. The molecule has 0 radical (unpaired) electrons. The second-order valence-corrected chi connectivity index (χ2v) is 20.0. The molecular weight excluding hydrogens is 869 g/mol. The number of carbonyl (C=O) groups is 6. The Morgan fingerprint density at radius 3 is 1.48 bits per heavy atom. The lowest BCUT2D eigenvalue weighted by Gasteiger charge is -2.46. The van der Waals surface area contributed by atoms with Crippen LogP contribution in [0.5, 0.6) is 11.8 Å². The van der Waals surface area contributed by atoms with Crippen LogP contribution in [-0.4, -0.2) is 147 Å². The smallest absolute Gasteiger partial charge is 0.326 e. The van der Waals surface area contributed by atoms with E-state index in [9.17, 15) is 39.0 Å². The predicted molar refractivity (Wildman–Crippen MR) is 236 cm³/mol. The van der Waals surface area contributed by atoms with Gasteiger partial charge in [-0.1, -0.05) is 6.42 Å². The standard InChI is InChI=1S/C46H76N2O18/c1-43(2,3)39(53)62-29-30-36(64-40(54)44(4,5)6)37(65-41(55)45(7,8)9)35(38(63-30)66-42(56)46(10,11)12)47-31(49)16-14-13-15-19-57-20-21-58-22-23-59-24-25-60-26-27-61-34(52)28-48-32(50)17-18-33(48)51/h17-18,30,35-38,50-51H,13-16,19-29H2,1-12H3,(H,47,49)/t30-,35-,36+,37-,38?/m1/s1. The third kappa shape index (κ3) is 21.0. The van der Waals surface area contributed by atoms with Gasteiger partial charge in [0.05, 0.1) is 67.9 Å². The number of unbranched alkanes of at least 4 members (excludes halogenated alkanes) is 2. The molecule has 66 heavy (non-hydrogen) atoms. The highest BCUT2D eigenvalue weighted by atomic mass is 16.7. The molecular formula is C46H76N2O18. The fraction of sp³-hybridized carbons (Fsp3) is 0.783. The first-order valence-corrected chi connectivity index (χ1v) is 22.4. The predicted octanol–water partition coefficient (Wildman–Crippen LogP) is 4.37. The van der Waals surface area contributed by atoms with Crippen LogP contribution in [0.15, 0.2) is 12.1 Å². The summed E-state index contributed by atoms with van der Waals surface area (Å²) >= 11 is 0. The number of nitrogens with one attached hydrogen (secondary N) is 1. The molecule has 5 atom stereocenters. The molecule has 1 saturated heterocycles. The molecule has 1 aromatic heterocycles. The van der Waals surface area contributed by atoms with Crippen molar-refractivity contribution in [2.45, 2.75) is 146 Å². The van der Waals surface area contributed by atoms with Gasteiger partial charge in [-0.2, -0.15) is 0 Å². The number of esters is 5. The summed E-state index contributed by atoms with van der Waals surface area (Å²) in [6.07, 6.45) is -3.84. The quantitative estimate of drug-likeness (QED) is 0.0662. The molecule has 1 aliphatic rings. The van der Waals surface area contributed by atoms with Crippen LogP contribution in [0.1, 0.15) is 109 Å². The van der Waals surface area contributed by atoms with E-state index in [-0.39, 0.29) is 44.5 Å². The van der Waals surface area contributed by atoms with Gasteiger partial charge in [0.2, 0.25) is 12.2 Å². The number of rotatable bonds is 26. The largest absolute Gasteiger partial charge is 0.494 e. The van der Waals surface area contributed by atoms with E-state index in [1.54, 1.807) is 83.1 Å². The first kappa shape index (κ1) is 57.6. The van der Waals surface area contributed by atoms with Gasteiger partial charge >= 0.3 is 29.8 Å². The molecule has 0 spiro atoms. The molecule has 20 heteroatoms. The van der Waals surface area contributed by atoms with E-state index in [0.717, 1.165) is 4.57 Å². The second kappa shape index (κ2) is 26.7. The Labute approximate surface area is 388 Å². The van der Waals surface area contributed by atoms with Crippen molar-refractivity contribution in [1.82, 2.24) is 9.88 Å². The highest BCUT2D eigenvalue weighted by Crippen LogP contribution is 2.33.